The third-order valence-electron chi connectivity index (χ3n) is 6.86. The van der Waals surface area contributed by atoms with Gasteiger partial charge in [0.15, 0.2) is 11.5 Å². The van der Waals surface area contributed by atoms with E-state index in [4.69, 9.17) is 25.8 Å². The maximum atomic E-state index is 13.9. The van der Waals surface area contributed by atoms with Crippen LogP contribution in [-0.4, -0.2) is 43.3 Å². The van der Waals surface area contributed by atoms with Crippen LogP contribution in [0.1, 0.15) is 62.0 Å². The van der Waals surface area contributed by atoms with Crippen LogP contribution in [0.4, 0.5) is 5.69 Å². The summed E-state index contributed by atoms with van der Waals surface area (Å²) in [6, 6.07) is 7.52. The molecular weight excluding hydrogens is 470 g/mol. The summed E-state index contributed by atoms with van der Waals surface area (Å²) in [5.74, 6) is -0.620. The molecule has 0 saturated heterocycles. The largest absolute Gasteiger partial charge is 0.493 e. The molecule has 1 N–H and O–H groups in total. The van der Waals surface area contributed by atoms with E-state index < -0.39 is 24.6 Å². The second-order valence-electron chi connectivity index (χ2n) is 10.3. The standard InChI is InChI=1S/C27H32ClNO6/c1-14-11-15-7-10-20(27(2,3)4)29-23(15)17(12-14)24(35-19(26(29)32)13-21(30)31)16-8-9-18(33-5)25(34-6)22(16)28/h8-9,11-12,19-20,24H,7,10,13H2,1-6H3,(H,30,31)/t19-,20-,24+/m0/s1. The molecule has 0 saturated carbocycles. The average molecular weight is 502 g/mol. The lowest BCUT2D eigenvalue weighted by atomic mass is 9.78. The van der Waals surface area contributed by atoms with E-state index in [2.05, 4.69) is 26.8 Å². The van der Waals surface area contributed by atoms with Crippen LogP contribution in [-0.2, 0) is 20.7 Å². The minimum Gasteiger partial charge on any atom is -0.493 e. The summed E-state index contributed by atoms with van der Waals surface area (Å²) in [5, 5.41) is 9.93. The summed E-state index contributed by atoms with van der Waals surface area (Å²) in [6.07, 6.45) is -0.799. The van der Waals surface area contributed by atoms with E-state index in [1.54, 1.807) is 17.0 Å². The zero-order valence-electron chi connectivity index (χ0n) is 21.0. The summed E-state index contributed by atoms with van der Waals surface area (Å²) in [7, 11) is 3.03. The number of ether oxygens (including phenoxy) is 3. The third-order valence-corrected chi connectivity index (χ3v) is 7.24. The van der Waals surface area contributed by atoms with E-state index in [9.17, 15) is 14.7 Å². The predicted octanol–water partition coefficient (Wildman–Crippen LogP) is 5.32. The number of carboxylic acid groups (broad SMARTS) is 1. The second-order valence-corrected chi connectivity index (χ2v) is 10.7. The Hall–Kier alpha value is -2.77. The number of aryl methyl sites for hydroxylation is 2. The number of halogens is 1. The van der Waals surface area contributed by atoms with Crippen molar-refractivity contribution in [2.45, 2.75) is 65.2 Å². The van der Waals surface area contributed by atoms with Crippen molar-refractivity contribution in [2.75, 3.05) is 19.1 Å². The van der Waals surface area contributed by atoms with Gasteiger partial charge < -0.3 is 24.2 Å². The SMILES string of the molecule is COc1ccc([C@H]2O[C@@H](CC(=O)O)C(=O)N3c4c(cc(C)cc42)CC[C@H]3C(C)(C)C)c(Cl)c1OC. The van der Waals surface area contributed by atoms with Gasteiger partial charge in [0.05, 0.1) is 31.4 Å². The average Bonchev–Trinajstić information content (AvgIpc) is 2.89. The number of amides is 1. The molecule has 2 aromatic rings. The van der Waals surface area contributed by atoms with Crippen molar-refractivity contribution >= 4 is 29.2 Å². The summed E-state index contributed by atoms with van der Waals surface area (Å²) >= 11 is 6.80. The van der Waals surface area contributed by atoms with Gasteiger partial charge in [0, 0.05) is 17.2 Å². The first kappa shape index (κ1) is 25.3. The van der Waals surface area contributed by atoms with Crippen LogP contribution < -0.4 is 14.4 Å². The van der Waals surface area contributed by atoms with Gasteiger partial charge in [-0.1, -0.05) is 56.1 Å². The quantitative estimate of drug-likeness (QED) is 0.596. The second kappa shape index (κ2) is 9.36. The third kappa shape index (κ3) is 4.47. The van der Waals surface area contributed by atoms with E-state index in [1.807, 2.05) is 13.0 Å². The van der Waals surface area contributed by atoms with Crippen LogP contribution in [0.25, 0.3) is 0 Å². The number of anilines is 1. The molecule has 0 spiro atoms. The monoisotopic (exact) mass is 501 g/mol. The number of methoxy groups -OCH3 is 2. The fraction of sp³-hybridized carbons (Fsp3) is 0.481. The van der Waals surface area contributed by atoms with Gasteiger partial charge in [-0.2, -0.15) is 0 Å². The number of hydrogen-bond acceptors (Lipinski definition) is 5. The topological polar surface area (TPSA) is 85.3 Å². The smallest absolute Gasteiger partial charge is 0.306 e. The van der Waals surface area contributed by atoms with E-state index >= 15 is 0 Å². The highest BCUT2D eigenvalue weighted by atomic mass is 35.5. The summed E-state index contributed by atoms with van der Waals surface area (Å²) in [6.45, 7) is 8.31. The number of aliphatic carboxylic acids is 1. The van der Waals surface area contributed by atoms with Crippen molar-refractivity contribution in [3.63, 3.8) is 0 Å². The molecule has 35 heavy (non-hydrogen) atoms. The minimum absolute atomic E-state index is 0.108. The van der Waals surface area contributed by atoms with Crippen LogP contribution in [0.5, 0.6) is 11.5 Å². The van der Waals surface area contributed by atoms with Gasteiger partial charge in [0.2, 0.25) is 0 Å². The molecule has 2 aromatic carbocycles. The van der Waals surface area contributed by atoms with Gasteiger partial charge in [-0.3, -0.25) is 9.59 Å². The Morgan fingerprint density at radius 3 is 2.51 bits per heavy atom. The Morgan fingerprint density at radius 1 is 1.20 bits per heavy atom. The highest BCUT2D eigenvalue weighted by Gasteiger charge is 2.46. The highest BCUT2D eigenvalue weighted by Crippen LogP contribution is 2.50. The van der Waals surface area contributed by atoms with Crippen molar-refractivity contribution in [2.24, 2.45) is 5.41 Å². The molecule has 2 aliphatic heterocycles. The lowest BCUT2D eigenvalue weighted by Gasteiger charge is -2.45. The van der Waals surface area contributed by atoms with Crippen molar-refractivity contribution < 1.29 is 28.9 Å². The molecule has 188 valence electrons. The molecule has 0 unspecified atom stereocenters. The molecule has 0 aromatic heterocycles. The molecule has 2 aliphatic rings. The Bertz CT molecular complexity index is 1170. The number of carbonyl (C=O) groups excluding carboxylic acids is 1. The molecule has 4 rings (SSSR count). The Labute approximate surface area is 210 Å². The Balaban J connectivity index is 2.01. The van der Waals surface area contributed by atoms with E-state index in [0.29, 0.717) is 22.1 Å². The van der Waals surface area contributed by atoms with E-state index in [0.717, 1.165) is 35.2 Å². The van der Waals surface area contributed by atoms with Crippen molar-refractivity contribution in [3.05, 3.63) is 51.5 Å². The first-order chi connectivity index (χ1) is 16.5. The predicted molar refractivity (Wildman–Crippen MR) is 134 cm³/mol. The fourth-order valence-electron chi connectivity index (χ4n) is 5.32. The van der Waals surface area contributed by atoms with Crippen LogP contribution in [0, 0.1) is 12.3 Å². The van der Waals surface area contributed by atoms with Crippen molar-refractivity contribution in [1.29, 1.82) is 0 Å². The van der Waals surface area contributed by atoms with Gasteiger partial charge in [0.1, 0.15) is 12.2 Å². The molecule has 7 nitrogen and oxygen atoms in total. The summed E-state index contributed by atoms with van der Waals surface area (Å²) in [4.78, 5) is 27.5. The maximum absolute atomic E-state index is 13.9. The van der Waals surface area contributed by atoms with E-state index in [1.165, 1.54) is 14.2 Å². The summed E-state index contributed by atoms with van der Waals surface area (Å²) in [5.41, 5.74) is 4.04. The van der Waals surface area contributed by atoms with Gasteiger partial charge in [-0.15, -0.1) is 0 Å². The molecule has 2 heterocycles. The molecule has 8 heteroatoms. The number of nitrogens with zero attached hydrogens (tertiary/aromatic N) is 1. The highest BCUT2D eigenvalue weighted by molar-refractivity contribution is 6.33. The van der Waals surface area contributed by atoms with Crippen molar-refractivity contribution in [3.8, 4) is 11.5 Å². The lowest BCUT2D eigenvalue weighted by Crippen LogP contribution is -2.53. The van der Waals surface area contributed by atoms with Gasteiger partial charge in [-0.25, -0.2) is 0 Å². The Morgan fingerprint density at radius 2 is 1.91 bits per heavy atom. The molecule has 1 amide bonds. The molecule has 0 bridgehead atoms. The van der Waals surface area contributed by atoms with Crippen molar-refractivity contribution in [1.82, 2.24) is 0 Å². The molecular formula is C27H32ClNO6. The molecule has 0 radical (unpaired) electrons. The zero-order valence-corrected chi connectivity index (χ0v) is 21.7. The maximum Gasteiger partial charge on any atom is 0.306 e. The summed E-state index contributed by atoms with van der Waals surface area (Å²) < 4.78 is 17.3. The number of hydrogen-bond donors (Lipinski definition) is 1. The Kier molecular flexibility index (Phi) is 6.77. The van der Waals surface area contributed by atoms with Gasteiger partial charge in [0.25, 0.3) is 5.91 Å². The van der Waals surface area contributed by atoms with E-state index in [-0.39, 0.29) is 17.4 Å². The molecule has 0 fully saturated rings. The molecule has 0 aliphatic carbocycles. The minimum atomic E-state index is -1.18. The lowest BCUT2D eigenvalue weighted by molar-refractivity contribution is -0.147. The fourth-order valence-corrected chi connectivity index (χ4v) is 5.65. The van der Waals surface area contributed by atoms with Crippen LogP contribution in [0.2, 0.25) is 5.02 Å². The molecule has 3 atom stereocenters. The number of rotatable bonds is 5. The van der Waals surface area contributed by atoms with Crippen LogP contribution in [0.15, 0.2) is 24.3 Å². The number of benzene rings is 2. The zero-order chi connectivity index (χ0) is 25.7. The van der Waals surface area contributed by atoms with Crippen LogP contribution in [0.3, 0.4) is 0 Å². The van der Waals surface area contributed by atoms with Gasteiger partial charge >= 0.3 is 5.97 Å². The first-order valence-electron chi connectivity index (χ1n) is 11.7. The first-order valence-corrected chi connectivity index (χ1v) is 12.1. The van der Waals surface area contributed by atoms with Gasteiger partial charge in [-0.05, 0) is 36.8 Å². The number of carbonyl (C=O) groups is 2. The normalized spacial score (nSPS) is 21.9. The van der Waals surface area contributed by atoms with Crippen LogP contribution >= 0.6 is 11.6 Å². The number of carboxylic acids is 1.